The van der Waals surface area contributed by atoms with Gasteiger partial charge in [-0.05, 0) is 18.2 Å². The summed E-state index contributed by atoms with van der Waals surface area (Å²) in [5.74, 6) is 0.323. The Balaban J connectivity index is 2.36. The Morgan fingerprint density at radius 3 is 2.75 bits per heavy atom. The van der Waals surface area contributed by atoms with Crippen LogP contribution in [0.1, 0.15) is 0 Å². The average Bonchev–Trinajstić information content (AvgIpc) is 2.35. The predicted molar refractivity (Wildman–Crippen MR) is 79.8 cm³/mol. The van der Waals surface area contributed by atoms with Crippen molar-refractivity contribution in [3.63, 3.8) is 0 Å². The third-order valence-electron chi connectivity index (χ3n) is 2.88. The summed E-state index contributed by atoms with van der Waals surface area (Å²) in [4.78, 5) is 20.5. The van der Waals surface area contributed by atoms with Gasteiger partial charge in [-0.3, -0.25) is 9.78 Å². The first-order valence-corrected chi connectivity index (χ1v) is 8.01. The van der Waals surface area contributed by atoms with Gasteiger partial charge < -0.3 is 10.6 Å². The van der Waals surface area contributed by atoms with Gasteiger partial charge in [-0.2, -0.15) is 0 Å². The van der Waals surface area contributed by atoms with Gasteiger partial charge in [-0.1, -0.05) is 0 Å². The maximum absolute atomic E-state index is 12.0. The van der Waals surface area contributed by atoms with E-state index in [9.17, 15) is 13.2 Å². The van der Waals surface area contributed by atoms with Crippen LogP contribution < -0.4 is 16.2 Å². The van der Waals surface area contributed by atoms with Gasteiger partial charge in [0.1, 0.15) is 9.84 Å². The fourth-order valence-corrected chi connectivity index (χ4v) is 2.34. The van der Waals surface area contributed by atoms with E-state index in [1.807, 2.05) is 0 Å². The lowest BCUT2D eigenvalue weighted by molar-refractivity contribution is 0.601. The maximum Gasteiger partial charge on any atom is 0.260 e. The van der Waals surface area contributed by atoms with E-state index in [0.717, 1.165) is 0 Å². The van der Waals surface area contributed by atoms with Crippen LogP contribution in [0.5, 0.6) is 0 Å². The van der Waals surface area contributed by atoms with Gasteiger partial charge >= 0.3 is 0 Å². The van der Waals surface area contributed by atoms with Gasteiger partial charge in [-0.25, -0.2) is 13.4 Å². The third-order valence-corrected chi connectivity index (χ3v) is 3.80. The molecule has 0 aliphatic rings. The van der Waals surface area contributed by atoms with Crippen molar-refractivity contribution in [2.45, 2.75) is 0 Å². The number of fused-ring (bicyclic) bond motifs is 1. The molecule has 1 aromatic heterocycles. The number of benzene rings is 1. The Bertz CT molecular complexity index is 798. The average molecular weight is 296 g/mol. The molecule has 0 spiro atoms. The minimum atomic E-state index is -3.06. The van der Waals surface area contributed by atoms with Crippen LogP contribution in [-0.4, -0.2) is 44.0 Å². The summed E-state index contributed by atoms with van der Waals surface area (Å²) in [5, 5.41) is 0.408. The molecule has 0 radical (unpaired) electrons. The minimum Gasteiger partial charge on any atom is -0.399 e. The molecule has 7 nitrogen and oxygen atoms in total. The molecule has 2 aromatic rings. The van der Waals surface area contributed by atoms with E-state index in [-0.39, 0.29) is 17.9 Å². The molecule has 0 saturated carbocycles. The Labute approximate surface area is 116 Å². The largest absolute Gasteiger partial charge is 0.399 e. The van der Waals surface area contributed by atoms with E-state index in [0.29, 0.717) is 22.5 Å². The van der Waals surface area contributed by atoms with Gasteiger partial charge in [0.2, 0.25) is 5.95 Å². The molecule has 8 heteroatoms. The molecule has 1 heterocycles. The lowest BCUT2D eigenvalue weighted by Gasteiger charge is -2.17. The zero-order valence-corrected chi connectivity index (χ0v) is 12.1. The second kappa shape index (κ2) is 5.12. The SMILES string of the molecule is CN(CCS(C)(=O)=O)c1nc2ccc(N)cc2c(=O)[nH]1. The van der Waals surface area contributed by atoms with Crippen molar-refractivity contribution in [3.05, 3.63) is 28.6 Å². The molecule has 0 atom stereocenters. The van der Waals surface area contributed by atoms with Crippen LogP contribution >= 0.6 is 0 Å². The summed E-state index contributed by atoms with van der Waals surface area (Å²) in [6, 6.07) is 4.88. The minimum absolute atomic E-state index is 0.00696. The number of aromatic nitrogens is 2. The van der Waals surface area contributed by atoms with Crippen molar-refractivity contribution in [1.29, 1.82) is 0 Å². The van der Waals surface area contributed by atoms with Crippen molar-refractivity contribution in [2.24, 2.45) is 0 Å². The Morgan fingerprint density at radius 2 is 2.10 bits per heavy atom. The standard InChI is InChI=1S/C12H16N4O3S/c1-16(5-6-20(2,18)19)12-14-10-4-3-8(13)7-9(10)11(17)15-12/h3-4,7H,5-6,13H2,1-2H3,(H,14,15,17). The highest BCUT2D eigenvalue weighted by molar-refractivity contribution is 7.90. The number of rotatable bonds is 4. The molecule has 3 N–H and O–H groups in total. The summed E-state index contributed by atoms with van der Waals surface area (Å²) < 4.78 is 22.3. The van der Waals surface area contributed by atoms with Gasteiger partial charge in [0.25, 0.3) is 5.56 Å². The first-order valence-electron chi connectivity index (χ1n) is 5.95. The molecule has 20 heavy (non-hydrogen) atoms. The van der Waals surface area contributed by atoms with Crippen molar-refractivity contribution < 1.29 is 8.42 Å². The Kier molecular flexibility index (Phi) is 3.67. The van der Waals surface area contributed by atoms with Gasteiger partial charge in [0.05, 0.1) is 16.7 Å². The molecule has 0 saturated heterocycles. The summed E-state index contributed by atoms with van der Waals surface area (Å²) in [6.07, 6.45) is 1.17. The molecule has 108 valence electrons. The fraction of sp³-hybridized carbons (Fsp3) is 0.333. The number of hydrogen-bond acceptors (Lipinski definition) is 6. The Morgan fingerprint density at radius 1 is 1.40 bits per heavy atom. The molecule has 0 aliphatic heterocycles. The highest BCUT2D eigenvalue weighted by atomic mass is 32.2. The number of anilines is 2. The first-order chi connectivity index (χ1) is 9.26. The van der Waals surface area contributed by atoms with Crippen LogP contribution in [0.4, 0.5) is 11.6 Å². The van der Waals surface area contributed by atoms with Crippen molar-refractivity contribution in [1.82, 2.24) is 9.97 Å². The molecule has 1 aromatic carbocycles. The zero-order chi connectivity index (χ0) is 14.9. The molecule has 0 unspecified atom stereocenters. The first kappa shape index (κ1) is 14.3. The summed E-state index contributed by atoms with van der Waals surface area (Å²) in [5.41, 5.74) is 6.33. The number of nitrogens with zero attached hydrogens (tertiary/aromatic N) is 2. The number of hydrogen-bond donors (Lipinski definition) is 2. The van der Waals surface area contributed by atoms with Crippen LogP contribution in [0, 0.1) is 0 Å². The molecular formula is C12H16N4O3S. The summed E-state index contributed by atoms with van der Waals surface area (Å²) in [7, 11) is -1.39. The molecule has 2 rings (SSSR count). The van der Waals surface area contributed by atoms with E-state index in [1.54, 1.807) is 30.1 Å². The normalized spacial score (nSPS) is 11.7. The van der Waals surface area contributed by atoms with E-state index in [4.69, 9.17) is 5.73 Å². The topological polar surface area (TPSA) is 109 Å². The molecular weight excluding hydrogens is 280 g/mol. The van der Waals surface area contributed by atoms with E-state index in [1.165, 1.54) is 6.26 Å². The lowest BCUT2D eigenvalue weighted by atomic mass is 10.2. The van der Waals surface area contributed by atoms with Gasteiger partial charge in [-0.15, -0.1) is 0 Å². The van der Waals surface area contributed by atoms with Gasteiger partial charge in [0, 0.05) is 25.5 Å². The van der Waals surface area contributed by atoms with Crippen molar-refractivity contribution in [2.75, 3.05) is 36.2 Å². The van der Waals surface area contributed by atoms with Crippen molar-refractivity contribution >= 4 is 32.4 Å². The smallest absolute Gasteiger partial charge is 0.260 e. The number of nitrogens with two attached hydrogens (primary N) is 1. The molecule has 0 fully saturated rings. The molecule has 0 aliphatic carbocycles. The number of sulfone groups is 1. The van der Waals surface area contributed by atoms with E-state index < -0.39 is 9.84 Å². The van der Waals surface area contributed by atoms with Crippen LogP contribution in [0.3, 0.4) is 0 Å². The number of nitrogens with one attached hydrogen (secondary N) is 1. The number of aromatic amines is 1. The van der Waals surface area contributed by atoms with Crippen LogP contribution in [0.25, 0.3) is 10.9 Å². The molecule has 0 amide bonds. The van der Waals surface area contributed by atoms with E-state index in [2.05, 4.69) is 9.97 Å². The molecule has 0 bridgehead atoms. The third kappa shape index (κ3) is 3.27. The summed E-state index contributed by atoms with van der Waals surface area (Å²) in [6.45, 7) is 0.252. The predicted octanol–water partition coefficient (Wildman–Crippen LogP) is -0.0139. The zero-order valence-electron chi connectivity index (χ0n) is 11.3. The Hall–Kier alpha value is -2.09. The number of nitrogen functional groups attached to an aromatic ring is 1. The van der Waals surface area contributed by atoms with Crippen LogP contribution in [0.15, 0.2) is 23.0 Å². The summed E-state index contributed by atoms with van der Waals surface area (Å²) >= 11 is 0. The van der Waals surface area contributed by atoms with Crippen LogP contribution in [0.2, 0.25) is 0 Å². The second-order valence-electron chi connectivity index (χ2n) is 4.72. The van der Waals surface area contributed by atoms with Gasteiger partial charge in [0.15, 0.2) is 0 Å². The number of H-pyrrole nitrogens is 1. The van der Waals surface area contributed by atoms with E-state index >= 15 is 0 Å². The monoisotopic (exact) mass is 296 g/mol. The van der Waals surface area contributed by atoms with Crippen molar-refractivity contribution in [3.8, 4) is 0 Å². The lowest BCUT2D eigenvalue weighted by Crippen LogP contribution is -2.28. The quantitative estimate of drug-likeness (QED) is 0.768. The second-order valence-corrected chi connectivity index (χ2v) is 6.98. The maximum atomic E-state index is 12.0. The highest BCUT2D eigenvalue weighted by Crippen LogP contribution is 2.14. The van der Waals surface area contributed by atoms with Crippen LogP contribution in [-0.2, 0) is 9.84 Å². The highest BCUT2D eigenvalue weighted by Gasteiger charge is 2.10. The fourth-order valence-electron chi connectivity index (χ4n) is 1.73.